The first-order valence-electron chi connectivity index (χ1n) is 12.0. The van der Waals surface area contributed by atoms with E-state index < -0.39 is 6.04 Å². The normalized spacial score (nSPS) is 11.5. The highest BCUT2D eigenvalue weighted by atomic mass is 35.5. The molecule has 5 nitrogen and oxygen atoms in total. The molecule has 0 aliphatic heterocycles. The van der Waals surface area contributed by atoms with Gasteiger partial charge in [0.15, 0.2) is 6.61 Å². The molecule has 35 heavy (non-hydrogen) atoms. The molecule has 0 radical (unpaired) electrons. The Morgan fingerprint density at radius 2 is 1.66 bits per heavy atom. The lowest BCUT2D eigenvalue weighted by Gasteiger charge is -2.32. The fourth-order valence-electron chi connectivity index (χ4n) is 3.82. The van der Waals surface area contributed by atoms with Gasteiger partial charge in [0.05, 0.1) is 5.02 Å². The Labute approximate surface area is 213 Å². The van der Waals surface area contributed by atoms with Gasteiger partial charge in [0, 0.05) is 19.5 Å². The quantitative estimate of drug-likeness (QED) is 0.335. The fourth-order valence-corrected chi connectivity index (χ4v) is 4.01. The predicted octanol–water partition coefficient (Wildman–Crippen LogP) is 5.58. The van der Waals surface area contributed by atoms with E-state index in [1.165, 1.54) is 0 Å². The van der Waals surface area contributed by atoms with Crippen LogP contribution in [0.25, 0.3) is 0 Å². The first kappa shape index (κ1) is 26.3. The molecule has 1 atom stereocenters. The molecular formula is C29H33ClN2O3. The van der Waals surface area contributed by atoms with Crippen LogP contribution in [0.5, 0.6) is 5.75 Å². The van der Waals surface area contributed by atoms with E-state index in [4.69, 9.17) is 16.3 Å². The number of nitrogens with zero attached hydrogens (tertiary/aromatic N) is 1. The summed E-state index contributed by atoms with van der Waals surface area (Å²) in [5.41, 5.74) is 3.03. The number of aryl methyl sites for hydroxylation is 1. The van der Waals surface area contributed by atoms with Crippen LogP contribution >= 0.6 is 11.6 Å². The SMILES string of the molecule is CCCCNC(=O)[C@@H](Cc1ccccc1)N(Cc1ccccc1C)C(=O)COc1ccccc1Cl. The van der Waals surface area contributed by atoms with Gasteiger partial charge in [-0.25, -0.2) is 0 Å². The van der Waals surface area contributed by atoms with Crippen LogP contribution in [0.3, 0.4) is 0 Å². The number of rotatable bonds is 12. The maximum Gasteiger partial charge on any atom is 0.261 e. The standard InChI is InChI=1S/C29H33ClN2O3/c1-3-4-18-31-29(34)26(19-23-13-6-5-7-14-23)32(20-24-15-9-8-12-22(24)2)28(33)21-35-27-17-11-10-16-25(27)30/h5-17,26H,3-4,18-21H2,1-2H3,(H,31,34)/t26-/m1/s1. The summed E-state index contributed by atoms with van der Waals surface area (Å²) in [4.78, 5) is 28.6. The van der Waals surface area contributed by atoms with Gasteiger partial charge in [0.25, 0.3) is 5.91 Å². The Bertz CT molecular complexity index is 1100. The van der Waals surface area contributed by atoms with E-state index in [1.807, 2.05) is 61.5 Å². The van der Waals surface area contributed by atoms with Crippen molar-refractivity contribution >= 4 is 23.4 Å². The van der Waals surface area contributed by atoms with E-state index >= 15 is 0 Å². The number of nitrogens with one attached hydrogen (secondary N) is 1. The fraction of sp³-hybridized carbons (Fsp3) is 0.310. The molecule has 0 aliphatic rings. The van der Waals surface area contributed by atoms with Gasteiger partial charge in [-0.2, -0.15) is 0 Å². The van der Waals surface area contributed by atoms with E-state index in [1.54, 1.807) is 29.2 Å². The zero-order chi connectivity index (χ0) is 25.0. The second kappa shape index (κ2) is 13.5. The molecule has 3 aromatic carbocycles. The second-order valence-corrected chi connectivity index (χ2v) is 8.92. The Balaban J connectivity index is 1.90. The van der Waals surface area contributed by atoms with Gasteiger partial charge < -0.3 is 15.0 Å². The van der Waals surface area contributed by atoms with Crippen molar-refractivity contribution in [3.05, 3.63) is 101 Å². The Morgan fingerprint density at radius 3 is 2.37 bits per heavy atom. The molecule has 3 aromatic rings. The van der Waals surface area contributed by atoms with Crippen LogP contribution in [0.1, 0.15) is 36.5 Å². The largest absolute Gasteiger partial charge is 0.482 e. The van der Waals surface area contributed by atoms with Crippen LogP contribution in [-0.4, -0.2) is 35.9 Å². The number of carbonyl (C=O) groups excluding carboxylic acids is 2. The van der Waals surface area contributed by atoms with E-state index in [-0.39, 0.29) is 18.4 Å². The molecule has 1 N–H and O–H groups in total. The number of carbonyl (C=O) groups is 2. The first-order valence-corrected chi connectivity index (χ1v) is 12.4. The van der Waals surface area contributed by atoms with Gasteiger partial charge in [0.2, 0.25) is 5.91 Å². The van der Waals surface area contributed by atoms with E-state index in [0.29, 0.717) is 30.3 Å². The summed E-state index contributed by atoms with van der Waals surface area (Å²) < 4.78 is 5.77. The summed E-state index contributed by atoms with van der Waals surface area (Å²) in [6.07, 6.45) is 2.26. The van der Waals surface area contributed by atoms with Gasteiger partial charge in [-0.1, -0.05) is 91.7 Å². The number of ether oxygens (including phenoxy) is 1. The van der Waals surface area contributed by atoms with Crippen molar-refractivity contribution in [2.45, 2.75) is 45.7 Å². The Kier molecular flexibility index (Phi) is 10.2. The summed E-state index contributed by atoms with van der Waals surface area (Å²) in [7, 11) is 0. The van der Waals surface area contributed by atoms with Crippen molar-refractivity contribution in [1.82, 2.24) is 10.2 Å². The lowest BCUT2D eigenvalue weighted by Crippen LogP contribution is -2.52. The Hall–Kier alpha value is -3.31. The van der Waals surface area contributed by atoms with Crippen LogP contribution in [-0.2, 0) is 22.6 Å². The highest BCUT2D eigenvalue weighted by molar-refractivity contribution is 6.32. The number of unbranched alkanes of at least 4 members (excludes halogenated alkanes) is 1. The van der Waals surface area contributed by atoms with Crippen LogP contribution < -0.4 is 10.1 Å². The monoisotopic (exact) mass is 492 g/mol. The van der Waals surface area contributed by atoms with Crippen LogP contribution in [0, 0.1) is 6.92 Å². The Morgan fingerprint density at radius 1 is 0.971 bits per heavy atom. The molecule has 2 amide bonds. The van der Waals surface area contributed by atoms with Crippen molar-refractivity contribution in [3.63, 3.8) is 0 Å². The molecule has 0 heterocycles. The summed E-state index contributed by atoms with van der Waals surface area (Å²) in [6, 6.07) is 24.0. The second-order valence-electron chi connectivity index (χ2n) is 8.52. The summed E-state index contributed by atoms with van der Waals surface area (Å²) in [5, 5.41) is 3.46. The number of hydrogen-bond donors (Lipinski definition) is 1. The van der Waals surface area contributed by atoms with E-state index in [2.05, 4.69) is 12.2 Å². The van der Waals surface area contributed by atoms with E-state index in [9.17, 15) is 9.59 Å². The number of hydrogen-bond acceptors (Lipinski definition) is 3. The number of para-hydroxylation sites is 1. The molecule has 0 aliphatic carbocycles. The topological polar surface area (TPSA) is 58.6 Å². The molecule has 6 heteroatoms. The van der Waals surface area contributed by atoms with Crippen LogP contribution in [0.15, 0.2) is 78.9 Å². The first-order chi connectivity index (χ1) is 17.0. The molecular weight excluding hydrogens is 460 g/mol. The van der Waals surface area contributed by atoms with Gasteiger partial charge in [-0.05, 0) is 42.2 Å². The lowest BCUT2D eigenvalue weighted by molar-refractivity contribution is -0.142. The summed E-state index contributed by atoms with van der Waals surface area (Å²) in [6.45, 7) is 4.74. The van der Waals surface area contributed by atoms with Crippen molar-refractivity contribution in [2.24, 2.45) is 0 Å². The average Bonchev–Trinajstić information content (AvgIpc) is 2.87. The zero-order valence-corrected chi connectivity index (χ0v) is 21.1. The van der Waals surface area contributed by atoms with Gasteiger partial charge in [-0.15, -0.1) is 0 Å². The zero-order valence-electron chi connectivity index (χ0n) is 20.4. The summed E-state index contributed by atoms with van der Waals surface area (Å²) >= 11 is 6.22. The average molecular weight is 493 g/mol. The minimum atomic E-state index is -0.684. The molecule has 0 fully saturated rings. The molecule has 0 spiro atoms. The molecule has 0 aromatic heterocycles. The summed E-state index contributed by atoms with van der Waals surface area (Å²) in [5.74, 6) is -0.00732. The third-order valence-corrected chi connectivity index (χ3v) is 6.20. The van der Waals surface area contributed by atoms with Gasteiger partial charge in [-0.3, -0.25) is 9.59 Å². The third-order valence-electron chi connectivity index (χ3n) is 5.89. The number of halogens is 1. The number of benzene rings is 3. The molecule has 0 bridgehead atoms. The minimum absolute atomic E-state index is 0.165. The molecule has 0 unspecified atom stereocenters. The molecule has 3 rings (SSSR count). The van der Waals surface area contributed by atoms with Gasteiger partial charge >= 0.3 is 0 Å². The number of amides is 2. The maximum absolute atomic E-state index is 13.6. The van der Waals surface area contributed by atoms with E-state index in [0.717, 1.165) is 29.5 Å². The predicted molar refractivity (Wildman–Crippen MR) is 141 cm³/mol. The van der Waals surface area contributed by atoms with Crippen molar-refractivity contribution in [1.29, 1.82) is 0 Å². The van der Waals surface area contributed by atoms with Crippen molar-refractivity contribution in [3.8, 4) is 5.75 Å². The lowest BCUT2D eigenvalue weighted by atomic mass is 10.0. The maximum atomic E-state index is 13.6. The van der Waals surface area contributed by atoms with Crippen molar-refractivity contribution < 1.29 is 14.3 Å². The molecule has 0 saturated heterocycles. The molecule has 0 saturated carbocycles. The van der Waals surface area contributed by atoms with Gasteiger partial charge in [0.1, 0.15) is 11.8 Å². The third kappa shape index (κ3) is 7.86. The highest BCUT2D eigenvalue weighted by Gasteiger charge is 2.31. The minimum Gasteiger partial charge on any atom is -0.482 e. The smallest absolute Gasteiger partial charge is 0.261 e. The van der Waals surface area contributed by atoms with Crippen LogP contribution in [0.4, 0.5) is 0 Å². The highest BCUT2D eigenvalue weighted by Crippen LogP contribution is 2.24. The van der Waals surface area contributed by atoms with Crippen LogP contribution in [0.2, 0.25) is 5.02 Å². The van der Waals surface area contributed by atoms with Crippen molar-refractivity contribution in [2.75, 3.05) is 13.2 Å². The molecule has 184 valence electrons.